The van der Waals surface area contributed by atoms with Crippen LogP contribution in [0.25, 0.3) is 0 Å². The van der Waals surface area contributed by atoms with Crippen LogP contribution in [0.2, 0.25) is 4.34 Å². The number of amides is 1. The lowest BCUT2D eigenvalue weighted by molar-refractivity contribution is -0.118. The topological polar surface area (TPSA) is 93.8 Å². The molecule has 0 spiro atoms. The van der Waals surface area contributed by atoms with Crippen molar-refractivity contribution in [2.24, 2.45) is 0 Å². The number of thiazole rings is 1. The van der Waals surface area contributed by atoms with Crippen molar-refractivity contribution in [1.82, 2.24) is 20.5 Å². The Morgan fingerprint density at radius 3 is 2.85 bits per heavy atom. The number of rotatable bonds is 6. The average molecular weight is 350 g/mol. The van der Waals surface area contributed by atoms with Crippen LogP contribution in [0.15, 0.2) is 4.34 Å². The van der Waals surface area contributed by atoms with Gasteiger partial charge in [0.05, 0.1) is 16.5 Å². The molecular weight excluding hydrogens is 338 g/mol. The summed E-state index contributed by atoms with van der Waals surface area (Å²) in [5.41, 5.74) is 6.29. The number of hydrogen-bond acceptors (Lipinski definition) is 8. The van der Waals surface area contributed by atoms with Crippen LogP contribution in [0, 0.1) is 6.92 Å². The quantitative estimate of drug-likeness (QED) is 0.774. The number of aryl methyl sites for hydroxylation is 1. The first-order valence-electron chi connectivity index (χ1n) is 5.65. The fraction of sp³-hybridized carbons (Fsp3) is 0.400. The molecule has 10 heteroatoms. The summed E-state index contributed by atoms with van der Waals surface area (Å²) >= 11 is 9.97. The predicted molar refractivity (Wildman–Crippen MR) is 83.6 cm³/mol. The monoisotopic (exact) mass is 349 g/mol. The van der Waals surface area contributed by atoms with E-state index in [1.54, 1.807) is 0 Å². The zero-order chi connectivity index (χ0) is 14.5. The number of thioether (sulfide) groups is 1. The first-order valence-corrected chi connectivity index (χ1v) is 8.64. The van der Waals surface area contributed by atoms with Crippen LogP contribution < -0.4 is 11.1 Å². The zero-order valence-corrected chi connectivity index (χ0v) is 13.8. The van der Waals surface area contributed by atoms with Crippen LogP contribution in [0.5, 0.6) is 0 Å². The van der Waals surface area contributed by atoms with Crippen LogP contribution in [0.3, 0.4) is 0 Å². The van der Waals surface area contributed by atoms with Gasteiger partial charge in [0.2, 0.25) is 11.0 Å². The van der Waals surface area contributed by atoms with Gasteiger partial charge in [0.15, 0.2) is 4.34 Å². The predicted octanol–water partition coefficient (Wildman–Crippen LogP) is 1.99. The van der Waals surface area contributed by atoms with Gasteiger partial charge in [0.25, 0.3) is 0 Å². The number of aromatic nitrogens is 3. The summed E-state index contributed by atoms with van der Waals surface area (Å²) in [5.74, 6) is 0.245. The van der Waals surface area contributed by atoms with Crippen molar-refractivity contribution in [2.75, 3.05) is 18.0 Å². The highest BCUT2D eigenvalue weighted by Crippen LogP contribution is 2.24. The fourth-order valence-electron chi connectivity index (χ4n) is 1.30. The van der Waals surface area contributed by atoms with E-state index in [9.17, 15) is 4.79 Å². The summed E-state index contributed by atoms with van der Waals surface area (Å²) in [7, 11) is 0. The Balaban J connectivity index is 1.67. The summed E-state index contributed by atoms with van der Waals surface area (Å²) in [4.78, 5) is 15.9. The molecule has 2 aromatic rings. The van der Waals surface area contributed by atoms with Gasteiger partial charge < -0.3 is 11.1 Å². The molecular formula is C10H12ClN5OS3. The first kappa shape index (κ1) is 15.5. The van der Waals surface area contributed by atoms with Crippen molar-refractivity contribution in [1.29, 1.82) is 0 Å². The van der Waals surface area contributed by atoms with E-state index in [1.165, 1.54) is 34.4 Å². The molecule has 0 unspecified atom stereocenters. The second kappa shape index (κ2) is 7.21. The molecule has 0 bridgehead atoms. The molecule has 2 aromatic heterocycles. The maximum absolute atomic E-state index is 11.6. The van der Waals surface area contributed by atoms with Gasteiger partial charge in [-0.2, -0.15) is 0 Å². The van der Waals surface area contributed by atoms with Crippen LogP contribution in [-0.4, -0.2) is 33.4 Å². The third-order valence-corrected chi connectivity index (χ3v) is 5.59. The van der Waals surface area contributed by atoms with Crippen molar-refractivity contribution < 1.29 is 4.79 Å². The number of carbonyl (C=O) groups excluding carboxylic acids is 1. The SMILES string of the molecule is Cc1nc(CCNC(=O)CSc2nnc(N)s2)sc1Cl. The van der Waals surface area contributed by atoms with Crippen molar-refractivity contribution in [3.05, 3.63) is 15.0 Å². The minimum Gasteiger partial charge on any atom is -0.374 e. The number of anilines is 1. The van der Waals surface area contributed by atoms with Gasteiger partial charge in [-0.25, -0.2) is 4.98 Å². The molecule has 0 aliphatic rings. The van der Waals surface area contributed by atoms with Crippen LogP contribution in [-0.2, 0) is 11.2 Å². The van der Waals surface area contributed by atoms with E-state index in [0.717, 1.165) is 10.7 Å². The second-order valence-corrected chi connectivity index (χ2v) is 7.68. The fourth-order valence-corrected chi connectivity index (χ4v) is 3.87. The number of carbonyl (C=O) groups is 1. The molecule has 0 saturated carbocycles. The Morgan fingerprint density at radius 2 is 2.25 bits per heavy atom. The van der Waals surface area contributed by atoms with Crippen molar-refractivity contribution in [2.45, 2.75) is 17.7 Å². The molecule has 0 saturated heterocycles. The van der Waals surface area contributed by atoms with E-state index in [2.05, 4.69) is 20.5 Å². The lowest BCUT2D eigenvalue weighted by Gasteiger charge is -2.02. The number of hydrogen-bond donors (Lipinski definition) is 2. The largest absolute Gasteiger partial charge is 0.374 e. The number of halogens is 1. The Hall–Kier alpha value is -0.900. The highest BCUT2D eigenvalue weighted by molar-refractivity contribution is 8.01. The van der Waals surface area contributed by atoms with E-state index in [-0.39, 0.29) is 5.91 Å². The summed E-state index contributed by atoms with van der Waals surface area (Å²) in [6, 6.07) is 0. The molecule has 108 valence electrons. The lowest BCUT2D eigenvalue weighted by Crippen LogP contribution is -2.27. The maximum atomic E-state index is 11.6. The third kappa shape index (κ3) is 4.58. The van der Waals surface area contributed by atoms with Crippen LogP contribution in [0.4, 0.5) is 5.13 Å². The Kier molecular flexibility index (Phi) is 5.58. The van der Waals surface area contributed by atoms with E-state index in [4.69, 9.17) is 17.3 Å². The summed E-state index contributed by atoms with van der Waals surface area (Å²) in [5, 5.41) is 11.7. The van der Waals surface area contributed by atoms with Gasteiger partial charge in [-0.1, -0.05) is 34.7 Å². The van der Waals surface area contributed by atoms with E-state index >= 15 is 0 Å². The Bertz CT molecular complexity index is 580. The molecule has 0 radical (unpaired) electrons. The van der Waals surface area contributed by atoms with Gasteiger partial charge in [-0.05, 0) is 6.92 Å². The van der Waals surface area contributed by atoms with Crippen molar-refractivity contribution in [3.8, 4) is 0 Å². The average Bonchev–Trinajstić information content (AvgIpc) is 2.94. The minimum atomic E-state index is -0.0526. The summed E-state index contributed by atoms with van der Waals surface area (Å²) in [6.45, 7) is 2.41. The number of nitrogen functional groups attached to an aromatic ring is 1. The molecule has 6 nitrogen and oxygen atoms in total. The molecule has 0 aliphatic heterocycles. The Morgan fingerprint density at radius 1 is 1.45 bits per heavy atom. The molecule has 1 amide bonds. The lowest BCUT2D eigenvalue weighted by atomic mass is 10.4. The normalized spacial score (nSPS) is 10.7. The van der Waals surface area contributed by atoms with E-state index in [0.29, 0.717) is 32.5 Å². The van der Waals surface area contributed by atoms with Crippen LogP contribution in [0.1, 0.15) is 10.7 Å². The first-order chi connectivity index (χ1) is 9.54. The highest BCUT2D eigenvalue weighted by Gasteiger charge is 2.08. The van der Waals surface area contributed by atoms with E-state index < -0.39 is 0 Å². The molecule has 3 N–H and O–H groups in total. The highest BCUT2D eigenvalue weighted by atomic mass is 35.5. The molecule has 2 rings (SSSR count). The zero-order valence-electron chi connectivity index (χ0n) is 10.6. The van der Waals surface area contributed by atoms with Gasteiger partial charge in [0, 0.05) is 13.0 Å². The molecule has 2 heterocycles. The molecule has 0 fully saturated rings. The van der Waals surface area contributed by atoms with Crippen LogP contribution >= 0.6 is 46.0 Å². The van der Waals surface area contributed by atoms with E-state index in [1.807, 2.05) is 6.92 Å². The Labute approximate surface area is 133 Å². The second-order valence-electron chi connectivity index (χ2n) is 3.76. The molecule has 0 aromatic carbocycles. The van der Waals surface area contributed by atoms with Gasteiger partial charge in [-0.3, -0.25) is 4.79 Å². The van der Waals surface area contributed by atoms with Gasteiger partial charge >= 0.3 is 0 Å². The summed E-state index contributed by atoms with van der Waals surface area (Å²) < 4.78 is 1.40. The number of nitrogens with two attached hydrogens (primary N) is 1. The smallest absolute Gasteiger partial charge is 0.230 e. The van der Waals surface area contributed by atoms with Crippen molar-refractivity contribution in [3.63, 3.8) is 0 Å². The standard InChI is InChI=1S/C10H12ClN5OS3/c1-5-8(11)19-7(14-5)2-3-13-6(17)4-18-10-16-15-9(12)20-10/h2-4H2,1H3,(H2,12,15)(H,13,17). The van der Waals surface area contributed by atoms with Gasteiger partial charge in [-0.15, -0.1) is 21.5 Å². The van der Waals surface area contributed by atoms with Gasteiger partial charge in [0.1, 0.15) is 4.34 Å². The molecule has 0 aliphatic carbocycles. The minimum absolute atomic E-state index is 0.0526. The summed E-state index contributed by atoms with van der Waals surface area (Å²) in [6.07, 6.45) is 0.681. The maximum Gasteiger partial charge on any atom is 0.230 e. The third-order valence-electron chi connectivity index (χ3n) is 2.19. The number of nitrogens with zero attached hydrogens (tertiary/aromatic N) is 3. The number of nitrogens with one attached hydrogen (secondary N) is 1. The molecule has 20 heavy (non-hydrogen) atoms. The molecule has 0 atom stereocenters. The van der Waals surface area contributed by atoms with Crippen molar-refractivity contribution >= 4 is 57.1 Å².